The van der Waals surface area contributed by atoms with Crippen molar-refractivity contribution >= 4 is 23.1 Å². The van der Waals surface area contributed by atoms with Crippen molar-refractivity contribution in [3.05, 3.63) is 54.1 Å². The van der Waals surface area contributed by atoms with Gasteiger partial charge in [-0.1, -0.05) is 18.2 Å². The van der Waals surface area contributed by atoms with Crippen LogP contribution in [0.3, 0.4) is 0 Å². The molecule has 106 valence electrons. The summed E-state index contributed by atoms with van der Waals surface area (Å²) in [6, 6.07) is 17.5. The van der Waals surface area contributed by atoms with Crippen LogP contribution >= 0.6 is 11.8 Å². The summed E-state index contributed by atoms with van der Waals surface area (Å²) in [6.45, 7) is 2.19. The van der Waals surface area contributed by atoms with Gasteiger partial charge in [-0.05, 0) is 49.1 Å². The Kier molecular flexibility index (Phi) is 4.96. The van der Waals surface area contributed by atoms with Gasteiger partial charge in [-0.3, -0.25) is 0 Å². The Balaban J connectivity index is 2.10. The molecule has 20 heavy (non-hydrogen) atoms. The molecular weight excluding hydrogens is 264 g/mol. The SMILES string of the molecule is CSc1ccc(C(C)Nc2cccc(N(C)C)c2)cc1. The van der Waals surface area contributed by atoms with Crippen LogP contribution in [0, 0.1) is 0 Å². The Labute approximate surface area is 126 Å². The Bertz CT molecular complexity index is 549. The highest BCUT2D eigenvalue weighted by molar-refractivity contribution is 7.98. The summed E-state index contributed by atoms with van der Waals surface area (Å²) in [6.07, 6.45) is 2.10. The van der Waals surface area contributed by atoms with Crippen molar-refractivity contribution in [2.24, 2.45) is 0 Å². The van der Waals surface area contributed by atoms with Crippen LogP contribution in [0.15, 0.2) is 53.4 Å². The van der Waals surface area contributed by atoms with E-state index in [1.807, 2.05) is 0 Å². The largest absolute Gasteiger partial charge is 0.378 e. The predicted octanol–water partition coefficient (Wildman–Crippen LogP) is 4.65. The van der Waals surface area contributed by atoms with E-state index in [4.69, 9.17) is 0 Å². The van der Waals surface area contributed by atoms with E-state index in [1.54, 1.807) is 11.8 Å². The number of nitrogens with one attached hydrogen (secondary N) is 1. The molecule has 2 rings (SSSR count). The second kappa shape index (κ2) is 6.71. The van der Waals surface area contributed by atoms with Gasteiger partial charge in [0.05, 0.1) is 0 Å². The summed E-state index contributed by atoms with van der Waals surface area (Å²) >= 11 is 1.77. The van der Waals surface area contributed by atoms with Crippen LogP contribution in [-0.2, 0) is 0 Å². The number of benzene rings is 2. The summed E-state index contributed by atoms with van der Waals surface area (Å²) in [5.41, 5.74) is 3.66. The Morgan fingerprint density at radius 1 is 1.05 bits per heavy atom. The van der Waals surface area contributed by atoms with Gasteiger partial charge in [0, 0.05) is 36.4 Å². The molecule has 0 saturated heterocycles. The Morgan fingerprint density at radius 2 is 1.75 bits per heavy atom. The minimum absolute atomic E-state index is 0.295. The molecule has 0 heterocycles. The second-order valence-corrected chi connectivity index (χ2v) is 5.96. The van der Waals surface area contributed by atoms with Crippen molar-refractivity contribution in [2.75, 3.05) is 30.6 Å². The van der Waals surface area contributed by atoms with Gasteiger partial charge in [-0.2, -0.15) is 0 Å². The quantitative estimate of drug-likeness (QED) is 0.806. The van der Waals surface area contributed by atoms with Crippen molar-refractivity contribution < 1.29 is 0 Å². The number of nitrogens with zero attached hydrogens (tertiary/aromatic N) is 1. The van der Waals surface area contributed by atoms with Crippen LogP contribution in [0.4, 0.5) is 11.4 Å². The van der Waals surface area contributed by atoms with E-state index in [9.17, 15) is 0 Å². The molecule has 2 aromatic carbocycles. The highest BCUT2D eigenvalue weighted by atomic mass is 32.2. The van der Waals surface area contributed by atoms with Crippen LogP contribution in [0.2, 0.25) is 0 Å². The van der Waals surface area contributed by atoms with Gasteiger partial charge in [0.15, 0.2) is 0 Å². The zero-order valence-corrected chi connectivity index (χ0v) is 13.4. The van der Waals surface area contributed by atoms with Gasteiger partial charge in [-0.25, -0.2) is 0 Å². The van der Waals surface area contributed by atoms with Crippen LogP contribution in [0.25, 0.3) is 0 Å². The lowest BCUT2D eigenvalue weighted by Crippen LogP contribution is -2.10. The number of hydrogen-bond acceptors (Lipinski definition) is 3. The molecule has 0 aromatic heterocycles. The van der Waals surface area contributed by atoms with Crippen molar-refractivity contribution in [1.29, 1.82) is 0 Å². The number of anilines is 2. The maximum atomic E-state index is 3.56. The Morgan fingerprint density at radius 3 is 2.35 bits per heavy atom. The minimum atomic E-state index is 0.295. The molecule has 1 unspecified atom stereocenters. The van der Waals surface area contributed by atoms with Crippen LogP contribution in [-0.4, -0.2) is 20.4 Å². The van der Waals surface area contributed by atoms with E-state index >= 15 is 0 Å². The second-order valence-electron chi connectivity index (χ2n) is 5.08. The third-order valence-corrected chi connectivity index (χ3v) is 4.11. The monoisotopic (exact) mass is 286 g/mol. The average molecular weight is 286 g/mol. The molecule has 1 atom stereocenters. The maximum Gasteiger partial charge on any atom is 0.0485 e. The first-order valence-corrected chi connectivity index (χ1v) is 8.00. The van der Waals surface area contributed by atoms with Crippen LogP contribution < -0.4 is 10.2 Å². The minimum Gasteiger partial charge on any atom is -0.378 e. The highest BCUT2D eigenvalue weighted by Crippen LogP contribution is 2.24. The summed E-state index contributed by atoms with van der Waals surface area (Å²) in [7, 11) is 4.12. The lowest BCUT2D eigenvalue weighted by molar-refractivity contribution is 0.882. The number of rotatable bonds is 5. The van der Waals surface area contributed by atoms with Gasteiger partial charge >= 0.3 is 0 Å². The van der Waals surface area contributed by atoms with Crippen LogP contribution in [0.1, 0.15) is 18.5 Å². The first kappa shape index (κ1) is 14.8. The van der Waals surface area contributed by atoms with E-state index in [2.05, 4.69) is 86.0 Å². The van der Waals surface area contributed by atoms with E-state index < -0.39 is 0 Å². The number of hydrogen-bond donors (Lipinski definition) is 1. The molecule has 0 aliphatic carbocycles. The van der Waals surface area contributed by atoms with E-state index in [1.165, 1.54) is 16.1 Å². The molecular formula is C17H22N2S. The third-order valence-electron chi connectivity index (χ3n) is 3.36. The van der Waals surface area contributed by atoms with Gasteiger partial charge in [0.2, 0.25) is 0 Å². The zero-order valence-electron chi connectivity index (χ0n) is 12.6. The summed E-state index contributed by atoms with van der Waals surface area (Å²) in [5.74, 6) is 0. The first-order valence-electron chi connectivity index (χ1n) is 6.78. The Hall–Kier alpha value is -1.61. The van der Waals surface area contributed by atoms with Crippen molar-refractivity contribution in [1.82, 2.24) is 0 Å². The molecule has 0 aliphatic rings. The molecule has 0 saturated carbocycles. The molecule has 0 bridgehead atoms. The van der Waals surface area contributed by atoms with E-state index in [0.717, 1.165) is 5.69 Å². The first-order chi connectivity index (χ1) is 9.60. The molecule has 0 amide bonds. The van der Waals surface area contributed by atoms with Gasteiger partial charge in [0.25, 0.3) is 0 Å². The number of thioether (sulfide) groups is 1. The highest BCUT2D eigenvalue weighted by Gasteiger charge is 2.06. The van der Waals surface area contributed by atoms with Gasteiger partial charge < -0.3 is 10.2 Å². The molecule has 0 spiro atoms. The zero-order chi connectivity index (χ0) is 14.5. The standard InChI is InChI=1S/C17H22N2S/c1-13(14-8-10-17(20-4)11-9-14)18-15-6-5-7-16(12-15)19(2)3/h5-13,18H,1-4H3. The van der Waals surface area contributed by atoms with Gasteiger partial charge in [0.1, 0.15) is 0 Å². The fourth-order valence-corrected chi connectivity index (χ4v) is 2.51. The lowest BCUT2D eigenvalue weighted by Gasteiger charge is -2.18. The lowest BCUT2D eigenvalue weighted by atomic mass is 10.1. The van der Waals surface area contributed by atoms with Crippen molar-refractivity contribution in [2.45, 2.75) is 17.9 Å². The van der Waals surface area contributed by atoms with Crippen molar-refractivity contribution in [3.8, 4) is 0 Å². The van der Waals surface area contributed by atoms with E-state index in [-0.39, 0.29) is 0 Å². The van der Waals surface area contributed by atoms with E-state index in [0.29, 0.717) is 6.04 Å². The fraction of sp³-hybridized carbons (Fsp3) is 0.294. The summed E-state index contributed by atoms with van der Waals surface area (Å²) in [4.78, 5) is 3.42. The molecule has 0 radical (unpaired) electrons. The van der Waals surface area contributed by atoms with Gasteiger partial charge in [-0.15, -0.1) is 11.8 Å². The fourth-order valence-electron chi connectivity index (χ4n) is 2.10. The van der Waals surface area contributed by atoms with Crippen molar-refractivity contribution in [3.63, 3.8) is 0 Å². The summed E-state index contributed by atoms with van der Waals surface area (Å²) in [5, 5.41) is 3.56. The molecule has 0 aliphatic heterocycles. The normalized spacial score (nSPS) is 12.0. The maximum absolute atomic E-state index is 3.56. The third kappa shape index (κ3) is 3.70. The summed E-state index contributed by atoms with van der Waals surface area (Å²) < 4.78 is 0. The molecule has 3 heteroatoms. The molecule has 2 nitrogen and oxygen atoms in total. The molecule has 0 fully saturated rings. The predicted molar refractivity (Wildman–Crippen MR) is 91.0 cm³/mol. The smallest absolute Gasteiger partial charge is 0.0485 e. The van der Waals surface area contributed by atoms with Crippen LogP contribution in [0.5, 0.6) is 0 Å². The average Bonchev–Trinajstić information content (AvgIpc) is 2.47. The molecule has 2 aromatic rings. The molecule has 1 N–H and O–H groups in total. The topological polar surface area (TPSA) is 15.3 Å².